The van der Waals surface area contributed by atoms with E-state index >= 15 is 0 Å². The number of carbonyl (C=O) groups excluding carboxylic acids is 1. The number of aromatic nitrogens is 1. The Morgan fingerprint density at radius 3 is 3.00 bits per heavy atom. The van der Waals surface area contributed by atoms with Gasteiger partial charge in [0.25, 0.3) is 0 Å². The standard InChI is InChI=1S/C9H10ClN3O2/c10-7-4-6(8(11)14)5-12-9(7)13-2-1-3-15-13/h4-5H,1-3H2,(H2,11,14). The smallest absolute Gasteiger partial charge is 0.250 e. The molecule has 2 N–H and O–H groups in total. The molecule has 1 aromatic heterocycles. The summed E-state index contributed by atoms with van der Waals surface area (Å²) in [5.41, 5.74) is 5.40. The van der Waals surface area contributed by atoms with E-state index in [0.717, 1.165) is 13.0 Å². The van der Waals surface area contributed by atoms with Gasteiger partial charge in [-0.15, -0.1) is 0 Å². The summed E-state index contributed by atoms with van der Waals surface area (Å²) in [4.78, 5) is 20.2. The molecule has 1 fully saturated rings. The van der Waals surface area contributed by atoms with Crippen LogP contribution in [-0.2, 0) is 4.84 Å². The molecule has 80 valence electrons. The first kappa shape index (κ1) is 10.2. The van der Waals surface area contributed by atoms with Gasteiger partial charge in [0.05, 0.1) is 17.2 Å². The normalized spacial score (nSPS) is 15.7. The minimum atomic E-state index is -0.543. The quantitative estimate of drug-likeness (QED) is 0.818. The zero-order valence-corrected chi connectivity index (χ0v) is 8.70. The third-order valence-corrected chi connectivity index (χ3v) is 2.37. The maximum atomic E-state index is 10.9. The zero-order chi connectivity index (χ0) is 10.8. The molecule has 0 bridgehead atoms. The van der Waals surface area contributed by atoms with Gasteiger partial charge in [0.2, 0.25) is 5.91 Å². The number of hydroxylamine groups is 1. The Bertz CT molecular complexity index is 391. The molecule has 1 amide bonds. The highest BCUT2D eigenvalue weighted by Crippen LogP contribution is 2.26. The number of hydrogen-bond donors (Lipinski definition) is 1. The molecular formula is C9H10ClN3O2. The second-order valence-corrected chi connectivity index (χ2v) is 3.59. The molecule has 0 spiro atoms. The predicted molar refractivity (Wildman–Crippen MR) is 55.7 cm³/mol. The zero-order valence-electron chi connectivity index (χ0n) is 7.94. The molecule has 0 aliphatic carbocycles. The average Bonchev–Trinajstić information content (AvgIpc) is 2.70. The Labute approximate surface area is 91.7 Å². The lowest BCUT2D eigenvalue weighted by Crippen LogP contribution is -2.19. The van der Waals surface area contributed by atoms with Crippen LogP contribution in [0.4, 0.5) is 5.82 Å². The maximum absolute atomic E-state index is 10.9. The van der Waals surface area contributed by atoms with Gasteiger partial charge in [-0.25, -0.2) is 10.0 Å². The number of pyridine rings is 1. The summed E-state index contributed by atoms with van der Waals surface area (Å²) in [5.74, 6) is -0.0162. The van der Waals surface area contributed by atoms with E-state index in [1.807, 2.05) is 0 Å². The Morgan fingerprint density at radius 1 is 1.67 bits per heavy atom. The number of carbonyl (C=O) groups is 1. The first-order valence-electron chi connectivity index (χ1n) is 4.54. The van der Waals surface area contributed by atoms with Crippen molar-refractivity contribution in [2.75, 3.05) is 18.2 Å². The van der Waals surface area contributed by atoms with Gasteiger partial charge in [0.15, 0.2) is 5.82 Å². The van der Waals surface area contributed by atoms with Gasteiger partial charge in [0, 0.05) is 12.7 Å². The second kappa shape index (κ2) is 4.04. The fraction of sp³-hybridized carbons (Fsp3) is 0.333. The maximum Gasteiger partial charge on any atom is 0.250 e. The summed E-state index contributed by atoms with van der Waals surface area (Å²) in [7, 11) is 0. The molecule has 2 rings (SSSR count). The van der Waals surface area contributed by atoms with E-state index in [-0.39, 0.29) is 0 Å². The third kappa shape index (κ3) is 2.03. The minimum absolute atomic E-state index is 0.294. The van der Waals surface area contributed by atoms with E-state index in [1.54, 1.807) is 5.06 Å². The van der Waals surface area contributed by atoms with Crippen molar-refractivity contribution < 1.29 is 9.63 Å². The van der Waals surface area contributed by atoms with Crippen LogP contribution in [0, 0.1) is 0 Å². The van der Waals surface area contributed by atoms with Crippen LogP contribution in [0.2, 0.25) is 5.02 Å². The molecule has 0 radical (unpaired) electrons. The Hall–Kier alpha value is -1.33. The minimum Gasteiger partial charge on any atom is -0.366 e. The Balaban J connectivity index is 2.29. The fourth-order valence-electron chi connectivity index (χ4n) is 1.36. The van der Waals surface area contributed by atoms with Gasteiger partial charge in [-0.3, -0.25) is 9.63 Å². The van der Waals surface area contributed by atoms with Gasteiger partial charge >= 0.3 is 0 Å². The molecule has 5 nitrogen and oxygen atoms in total. The number of amides is 1. The van der Waals surface area contributed by atoms with Crippen LogP contribution in [0.5, 0.6) is 0 Å². The molecule has 0 saturated carbocycles. The molecule has 1 aliphatic heterocycles. The van der Waals surface area contributed by atoms with Crippen molar-refractivity contribution in [2.24, 2.45) is 5.73 Å². The van der Waals surface area contributed by atoms with E-state index in [2.05, 4.69) is 4.98 Å². The van der Waals surface area contributed by atoms with E-state index < -0.39 is 5.91 Å². The second-order valence-electron chi connectivity index (χ2n) is 3.18. The molecule has 1 aromatic rings. The molecule has 1 aliphatic rings. The van der Waals surface area contributed by atoms with Gasteiger partial charge in [-0.1, -0.05) is 11.6 Å². The average molecular weight is 228 g/mol. The van der Waals surface area contributed by atoms with Crippen LogP contribution in [-0.4, -0.2) is 24.0 Å². The molecular weight excluding hydrogens is 218 g/mol. The topological polar surface area (TPSA) is 68.5 Å². The first-order valence-corrected chi connectivity index (χ1v) is 4.92. The summed E-state index contributed by atoms with van der Waals surface area (Å²) in [6, 6.07) is 1.49. The van der Waals surface area contributed by atoms with E-state index in [1.165, 1.54) is 12.3 Å². The van der Waals surface area contributed by atoms with Gasteiger partial charge in [-0.2, -0.15) is 0 Å². The lowest BCUT2D eigenvalue weighted by Gasteiger charge is -2.16. The highest BCUT2D eigenvalue weighted by Gasteiger charge is 2.18. The molecule has 0 atom stereocenters. The molecule has 15 heavy (non-hydrogen) atoms. The number of nitrogens with zero attached hydrogens (tertiary/aromatic N) is 2. The fourth-order valence-corrected chi connectivity index (χ4v) is 1.62. The number of halogens is 1. The monoisotopic (exact) mass is 227 g/mol. The van der Waals surface area contributed by atoms with Crippen LogP contribution in [0.3, 0.4) is 0 Å². The Morgan fingerprint density at radius 2 is 2.47 bits per heavy atom. The van der Waals surface area contributed by atoms with Crippen molar-refractivity contribution in [1.29, 1.82) is 0 Å². The van der Waals surface area contributed by atoms with Crippen molar-refractivity contribution in [3.8, 4) is 0 Å². The summed E-state index contributed by atoms with van der Waals surface area (Å²) < 4.78 is 0. The summed E-state index contributed by atoms with van der Waals surface area (Å²) in [6.45, 7) is 1.41. The number of anilines is 1. The summed E-state index contributed by atoms with van der Waals surface area (Å²) >= 11 is 5.96. The highest BCUT2D eigenvalue weighted by molar-refractivity contribution is 6.33. The lowest BCUT2D eigenvalue weighted by atomic mass is 10.2. The molecule has 0 unspecified atom stereocenters. The SMILES string of the molecule is NC(=O)c1cnc(N2CCCO2)c(Cl)c1. The van der Waals surface area contributed by atoms with Gasteiger partial charge in [0.1, 0.15) is 0 Å². The number of nitrogens with two attached hydrogens (primary N) is 1. The van der Waals surface area contributed by atoms with Crippen molar-refractivity contribution >= 4 is 23.3 Å². The van der Waals surface area contributed by atoms with Crippen LogP contribution >= 0.6 is 11.6 Å². The number of rotatable bonds is 2. The first-order chi connectivity index (χ1) is 7.18. The van der Waals surface area contributed by atoms with E-state index in [0.29, 0.717) is 23.0 Å². The highest BCUT2D eigenvalue weighted by atomic mass is 35.5. The molecule has 1 saturated heterocycles. The van der Waals surface area contributed by atoms with Crippen LogP contribution in [0.25, 0.3) is 0 Å². The summed E-state index contributed by atoms with van der Waals surface area (Å²) in [6.07, 6.45) is 2.33. The van der Waals surface area contributed by atoms with Gasteiger partial charge in [-0.05, 0) is 12.5 Å². The Kier molecular flexibility index (Phi) is 2.75. The van der Waals surface area contributed by atoms with Crippen LogP contribution in [0.1, 0.15) is 16.8 Å². The van der Waals surface area contributed by atoms with Crippen molar-refractivity contribution in [1.82, 2.24) is 4.98 Å². The number of hydrogen-bond acceptors (Lipinski definition) is 4. The predicted octanol–water partition coefficient (Wildman–Crippen LogP) is 0.976. The summed E-state index contributed by atoms with van der Waals surface area (Å²) in [5, 5.41) is 1.99. The third-order valence-electron chi connectivity index (χ3n) is 2.10. The molecule has 2 heterocycles. The van der Waals surface area contributed by atoms with Crippen molar-refractivity contribution in [3.63, 3.8) is 0 Å². The number of primary amides is 1. The van der Waals surface area contributed by atoms with Gasteiger partial charge < -0.3 is 5.73 Å². The lowest BCUT2D eigenvalue weighted by molar-refractivity contribution is 0.1000. The van der Waals surface area contributed by atoms with Crippen LogP contribution < -0.4 is 10.8 Å². The van der Waals surface area contributed by atoms with Crippen molar-refractivity contribution in [2.45, 2.75) is 6.42 Å². The van der Waals surface area contributed by atoms with Crippen molar-refractivity contribution in [3.05, 3.63) is 22.8 Å². The van der Waals surface area contributed by atoms with E-state index in [4.69, 9.17) is 22.2 Å². The van der Waals surface area contributed by atoms with Crippen LogP contribution in [0.15, 0.2) is 12.3 Å². The molecule has 0 aromatic carbocycles. The largest absolute Gasteiger partial charge is 0.366 e. The molecule has 6 heteroatoms. The van der Waals surface area contributed by atoms with E-state index in [9.17, 15) is 4.79 Å².